The van der Waals surface area contributed by atoms with E-state index < -0.39 is 16.3 Å². The minimum atomic E-state index is -0.801. The van der Waals surface area contributed by atoms with Gasteiger partial charge in [-0.3, -0.25) is 4.79 Å². The fraction of sp³-hybridized carbons (Fsp3) is 0.364. The molecular formula is C11H10Cl4O2. The van der Waals surface area contributed by atoms with Crippen molar-refractivity contribution in [1.82, 2.24) is 0 Å². The lowest BCUT2D eigenvalue weighted by atomic mass is 9.95. The number of carbonyl (C=O) groups is 1. The van der Waals surface area contributed by atoms with Crippen LogP contribution in [0, 0.1) is 0 Å². The highest BCUT2D eigenvalue weighted by Crippen LogP contribution is 2.30. The van der Waals surface area contributed by atoms with Crippen LogP contribution in [-0.2, 0) is 0 Å². The van der Waals surface area contributed by atoms with Gasteiger partial charge in [-0.2, -0.15) is 0 Å². The molecule has 1 aromatic carbocycles. The van der Waals surface area contributed by atoms with Crippen molar-refractivity contribution in [3.63, 3.8) is 0 Å². The number of fused-ring (bicyclic) bond motifs is 3. The van der Waals surface area contributed by atoms with Gasteiger partial charge < -0.3 is 5.11 Å². The third-order valence-corrected chi connectivity index (χ3v) is 3.52. The van der Waals surface area contributed by atoms with Crippen molar-refractivity contribution < 1.29 is 9.90 Å². The Labute approximate surface area is 119 Å². The lowest BCUT2D eigenvalue weighted by Crippen LogP contribution is -2.16. The molecule has 0 fully saturated rings. The van der Waals surface area contributed by atoms with E-state index in [2.05, 4.69) is 0 Å². The molecule has 0 saturated heterocycles. The van der Waals surface area contributed by atoms with Crippen LogP contribution in [0.3, 0.4) is 0 Å². The fourth-order valence-corrected chi connectivity index (χ4v) is 1.99. The molecule has 17 heavy (non-hydrogen) atoms. The first kappa shape index (κ1) is 15.1. The number of halogens is 4. The predicted molar refractivity (Wildman–Crippen MR) is 71.6 cm³/mol. The summed E-state index contributed by atoms with van der Waals surface area (Å²) in [5.74, 6) is 0.110. The summed E-state index contributed by atoms with van der Waals surface area (Å²) in [6.07, 6.45) is -0.801. The maximum Gasteiger partial charge on any atom is 0.185 e. The van der Waals surface area contributed by atoms with Gasteiger partial charge >= 0.3 is 0 Å². The lowest BCUT2D eigenvalue weighted by molar-refractivity contribution is 0.0983. The van der Waals surface area contributed by atoms with Crippen LogP contribution in [0.15, 0.2) is 24.3 Å². The summed E-state index contributed by atoms with van der Waals surface area (Å²) in [6.45, 7) is 0. The number of carbonyl (C=O) groups excluding carboxylic acids is 1. The minimum Gasteiger partial charge on any atom is -0.389 e. The van der Waals surface area contributed by atoms with E-state index in [1.807, 2.05) is 12.1 Å². The molecule has 1 N–H and O–H groups in total. The van der Waals surface area contributed by atoms with Crippen molar-refractivity contribution in [2.24, 2.45) is 0 Å². The lowest BCUT2D eigenvalue weighted by Gasteiger charge is -2.15. The fourth-order valence-electron chi connectivity index (χ4n) is 1.18. The Balaban J connectivity index is 0.000000185. The molecule has 2 bridgehead atoms. The van der Waals surface area contributed by atoms with Crippen LogP contribution >= 0.6 is 46.4 Å². The maximum absolute atomic E-state index is 11.1. The van der Waals surface area contributed by atoms with Crippen LogP contribution < -0.4 is 0 Å². The van der Waals surface area contributed by atoms with Gasteiger partial charge in [0.15, 0.2) is 5.78 Å². The average Bonchev–Trinajstić information content (AvgIpc) is 2.35. The van der Waals surface area contributed by atoms with E-state index in [-0.39, 0.29) is 11.7 Å². The van der Waals surface area contributed by atoms with Crippen LogP contribution in [-0.4, -0.2) is 27.7 Å². The van der Waals surface area contributed by atoms with Crippen molar-refractivity contribution >= 4 is 52.2 Å². The van der Waals surface area contributed by atoms with E-state index in [4.69, 9.17) is 51.5 Å². The van der Waals surface area contributed by atoms with Crippen LogP contribution in [0.5, 0.6) is 0 Å². The molecular weight excluding hydrogens is 306 g/mol. The molecule has 2 unspecified atom stereocenters. The third-order valence-electron chi connectivity index (χ3n) is 2.17. The van der Waals surface area contributed by atoms with E-state index in [9.17, 15) is 4.79 Å². The number of rotatable bonds is 2. The van der Waals surface area contributed by atoms with Gasteiger partial charge in [0.2, 0.25) is 0 Å². The molecule has 2 atom stereocenters. The van der Waals surface area contributed by atoms with E-state index in [1.165, 1.54) is 0 Å². The van der Waals surface area contributed by atoms with Crippen molar-refractivity contribution in [3.05, 3.63) is 35.4 Å². The molecule has 0 heterocycles. The number of Topliss-reactive ketones (excluding diaryl/α,β-unsaturated/α-hetero) is 1. The first-order valence-corrected chi connectivity index (χ1v) is 6.62. The van der Waals surface area contributed by atoms with E-state index in [1.54, 1.807) is 12.1 Å². The third kappa shape index (κ3) is 4.01. The van der Waals surface area contributed by atoms with Crippen LogP contribution in [0.1, 0.15) is 21.3 Å². The van der Waals surface area contributed by atoms with Gasteiger partial charge in [0.05, 0.1) is 12.0 Å². The second-order valence-electron chi connectivity index (χ2n) is 3.40. The smallest absolute Gasteiger partial charge is 0.185 e. The van der Waals surface area contributed by atoms with Crippen molar-refractivity contribution in [1.29, 1.82) is 0 Å². The van der Waals surface area contributed by atoms with Crippen LogP contribution in [0.2, 0.25) is 0 Å². The van der Waals surface area contributed by atoms with Gasteiger partial charge in [0, 0.05) is 5.56 Å². The molecule has 0 spiro atoms. The summed E-state index contributed by atoms with van der Waals surface area (Å²) in [4.78, 5) is 10.3. The van der Waals surface area contributed by atoms with E-state index in [0.717, 1.165) is 11.1 Å². The Kier molecular flexibility index (Phi) is 6.04. The van der Waals surface area contributed by atoms with Gasteiger partial charge in [-0.05, 0) is 5.56 Å². The largest absolute Gasteiger partial charge is 0.389 e. The predicted octanol–water partition coefficient (Wildman–Crippen LogP) is 3.55. The van der Waals surface area contributed by atoms with Crippen LogP contribution in [0.4, 0.5) is 0 Å². The van der Waals surface area contributed by atoms with Crippen molar-refractivity contribution in [2.75, 3.05) is 5.88 Å². The topological polar surface area (TPSA) is 37.3 Å². The first-order chi connectivity index (χ1) is 7.97. The zero-order valence-corrected chi connectivity index (χ0v) is 11.6. The molecule has 0 aliphatic heterocycles. The summed E-state index contributed by atoms with van der Waals surface area (Å²) in [5, 5.41) is 8.11. The second kappa shape index (κ2) is 6.81. The monoisotopic (exact) mass is 314 g/mol. The zero-order chi connectivity index (χ0) is 13.0. The molecule has 0 radical (unpaired) electrons. The molecule has 6 heteroatoms. The molecule has 0 amide bonds. The second-order valence-corrected chi connectivity index (χ2v) is 5.31. The maximum atomic E-state index is 11.1. The summed E-state index contributed by atoms with van der Waals surface area (Å²) in [6, 6.07) is 7.37. The highest BCUT2D eigenvalue weighted by atomic mass is 35.5. The standard InChI is InChI=1S/C8H5ClO.C3H5Cl3O/c9-7-5-1-3-6(4-2-5)8(7)10;4-1-2(7)3(5)6/h1-4,7H;2-3,7H,1H2. The molecule has 0 aromatic heterocycles. The highest BCUT2D eigenvalue weighted by molar-refractivity contribution is 6.45. The van der Waals surface area contributed by atoms with E-state index >= 15 is 0 Å². The SMILES string of the molecule is O=C1c2ccc(cc2)C1Cl.OC(CCl)C(Cl)Cl. The summed E-state index contributed by atoms with van der Waals surface area (Å²) in [7, 11) is 0. The van der Waals surface area contributed by atoms with Gasteiger partial charge in [-0.25, -0.2) is 0 Å². The minimum absolute atomic E-state index is 0.0293. The quantitative estimate of drug-likeness (QED) is 0.847. The Morgan fingerprint density at radius 1 is 1.24 bits per heavy atom. The highest BCUT2D eigenvalue weighted by Gasteiger charge is 2.23. The van der Waals surface area contributed by atoms with Crippen molar-refractivity contribution in [3.8, 4) is 0 Å². The molecule has 2 aliphatic carbocycles. The summed E-state index contributed by atoms with van der Waals surface area (Å²) >= 11 is 21.2. The Hall–Kier alpha value is 0.01000. The van der Waals surface area contributed by atoms with Gasteiger partial charge in [0.1, 0.15) is 10.2 Å². The van der Waals surface area contributed by atoms with E-state index in [0.29, 0.717) is 0 Å². The Bertz CT molecular complexity index is 378. The molecule has 3 rings (SSSR count). The molecule has 94 valence electrons. The first-order valence-electron chi connectivity index (χ1n) is 4.77. The Morgan fingerprint density at radius 3 is 1.94 bits per heavy atom. The summed E-state index contributed by atoms with van der Waals surface area (Å²) < 4.78 is 0. The number of benzene rings is 1. The number of hydrogen-bond acceptors (Lipinski definition) is 2. The van der Waals surface area contributed by atoms with Gasteiger partial charge in [-0.15, -0.1) is 46.4 Å². The number of alkyl halides is 4. The molecule has 0 saturated carbocycles. The zero-order valence-electron chi connectivity index (χ0n) is 8.62. The Morgan fingerprint density at radius 2 is 1.76 bits per heavy atom. The van der Waals surface area contributed by atoms with Crippen LogP contribution in [0.25, 0.3) is 0 Å². The van der Waals surface area contributed by atoms with Crippen molar-refractivity contribution in [2.45, 2.75) is 16.3 Å². The number of aliphatic hydroxyl groups is 1. The van der Waals surface area contributed by atoms with Gasteiger partial charge in [0.25, 0.3) is 0 Å². The van der Waals surface area contributed by atoms with Gasteiger partial charge in [-0.1, -0.05) is 24.3 Å². The normalized spacial score (nSPS) is 18.9. The average molecular weight is 316 g/mol. The molecule has 1 aromatic rings. The molecule has 2 nitrogen and oxygen atoms in total. The summed E-state index contributed by atoms with van der Waals surface area (Å²) in [5.41, 5.74) is 1.62. The number of hydrogen-bond donors (Lipinski definition) is 1. The molecule has 2 aliphatic rings. The number of ketones is 1. The number of aliphatic hydroxyl groups excluding tert-OH is 1.